The molecular weight excluding hydrogens is 508 g/mol. The van der Waals surface area contributed by atoms with Crippen molar-refractivity contribution in [2.24, 2.45) is 11.3 Å². The fourth-order valence-corrected chi connectivity index (χ4v) is 7.74. The van der Waals surface area contributed by atoms with Crippen molar-refractivity contribution >= 4 is 29.1 Å². The van der Waals surface area contributed by atoms with E-state index in [2.05, 4.69) is 43.4 Å². The molecule has 0 radical (unpaired) electrons. The summed E-state index contributed by atoms with van der Waals surface area (Å²) in [6, 6.07) is 29.5. The molecule has 3 aliphatic carbocycles. The minimum atomic E-state index is -0.918. The number of carbonyl (C=O) groups is 3. The first kappa shape index (κ1) is 25.5. The van der Waals surface area contributed by atoms with Gasteiger partial charge >= 0.3 is 0 Å². The number of hydrogen-bond acceptors (Lipinski definition) is 3. The summed E-state index contributed by atoms with van der Waals surface area (Å²) in [4.78, 5) is 43.6. The van der Waals surface area contributed by atoms with Gasteiger partial charge in [-0.15, -0.1) is 0 Å². The van der Waals surface area contributed by atoms with E-state index in [0.717, 1.165) is 51.9 Å². The van der Waals surface area contributed by atoms with Gasteiger partial charge in [0, 0.05) is 23.1 Å². The van der Waals surface area contributed by atoms with Crippen molar-refractivity contribution in [1.29, 1.82) is 0 Å². The number of anilines is 2. The Kier molecular flexibility index (Phi) is 5.75. The van der Waals surface area contributed by atoms with Crippen molar-refractivity contribution in [2.75, 3.05) is 10.2 Å². The summed E-state index contributed by atoms with van der Waals surface area (Å²) >= 11 is 0. The van der Waals surface area contributed by atoms with Crippen LogP contribution in [0.4, 0.5) is 11.4 Å². The Morgan fingerprint density at radius 2 is 1.34 bits per heavy atom. The largest absolute Gasteiger partial charge is 0.321 e. The van der Waals surface area contributed by atoms with E-state index in [1.54, 1.807) is 24.3 Å². The van der Waals surface area contributed by atoms with Crippen LogP contribution in [0.25, 0.3) is 0 Å². The Bertz CT molecular complexity index is 1690. The first-order valence-electron chi connectivity index (χ1n) is 14.5. The molecule has 3 amide bonds. The predicted molar refractivity (Wildman–Crippen MR) is 160 cm³/mol. The summed E-state index contributed by atoms with van der Waals surface area (Å²) in [5.74, 6) is -1.57. The molecule has 4 aliphatic rings. The van der Waals surface area contributed by atoms with Crippen LogP contribution in [0.5, 0.6) is 0 Å². The van der Waals surface area contributed by atoms with Crippen molar-refractivity contribution in [1.82, 2.24) is 0 Å². The Hall–Kier alpha value is -4.51. The summed E-state index contributed by atoms with van der Waals surface area (Å²) in [5.41, 5.74) is 7.45. The van der Waals surface area contributed by atoms with Crippen molar-refractivity contribution < 1.29 is 14.4 Å². The van der Waals surface area contributed by atoms with E-state index >= 15 is 0 Å². The molecule has 0 saturated carbocycles. The standard InChI is InChI=1S/C36H32N2O3/c1-4-21-12-10-13-22(5-2)32(21)37-33(39)23-14-11-15-24(20-23)38-34(40)31-29-25-16-6-8-18-27(25)30(36(31,3)35(38)41)28-19-9-7-17-26(28)29/h6-20,29-31H,4-5H2,1-3H3,(H,37,39)/t29?,30?,31-,36+/m1/s1. The molecule has 41 heavy (non-hydrogen) atoms. The fraction of sp³-hybridized carbons (Fsp3) is 0.250. The van der Waals surface area contributed by atoms with Gasteiger partial charge in [0.05, 0.1) is 17.0 Å². The third-order valence-electron chi connectivity index (χ3n) is 9.62. The summed E-state index contributed by atoms with van der Waals surface area (Å²) in [6.07, 6.45) is 1.60. The minimum Gasteiger partial charge on any atom is -0.321 e. The van der Waals surface area contributed by atoms with E-state index in [-0.39, 0.29) is 29.6 Å². The Morgan fingerprint density at radius 1 is 0.780 bits per heavy atom. The van der Waals surface area contributed by atoms with Crippen molar-refractivity contribution in [3.8, 4) is 0 Å². The zero-order valence-electron chi connectivity index (χ0n) is 23.5. The van der Waals surface area contributed by atoms with Crippen LogP contribution >= 0.6 is 0 Å². The maximum Gasteiger partial charge on any atom is 0.255 e. The maximum atomic E-state index is 14.4. The number of benzene rings is 4. The third kappa shape index (κ3) is 3.45. The second kappa shape index (κ2) is 9.27. The van der Waals surface area contributed by atoms with Crippen LogP contribution in [0.3, 0.4) is 0 Å². The lowest BCUT2D eigenvalue weighted by Gasteiger charge is -2.51. The molecule has 204 valence electrons. The van der Waals surface area contributed by atoms with E-state index in [1.165, 1.54) is 4.90 Å². The van der Waals surface area contributed by atoms with Crippen LogP contribution in [0.2, 0.25) is 0 Å². The van der Waals surface area contributed by atoms with E-state index in [9.17, 15) is 14.4 Å². The zero-order chi connectivity index (χ0) is 28.5. The number of carbonyl (C=O) groups excluding carboxylic acids is 3. The van der Waals surface area contributed by atoms with Gasteiger partial charge in [-0.2, -0.15) is 0 Å². The highest BCUT2D eigenvalue weighted by atomic mass is 16.2. The predicted octanol–water partition coefficient (Wildman–Crippen LogP) is 6.85. The smallest absolute Gasteiger partial charge is 0.255 e. The van der Waals surface area contributed by atoms with E-state index < -0.39 is 11.3 Å². The topological polar surface area (TPSA) is 66.5 Å². The molecule has 1 aliphatic heterocycles. The molecule has 4 aromatic rings. The number of hydrogen-bond donors (Lipinski definition) is 1. The van der Waals surface area contributed by atoms with Gasteiger partial charge in [0.1, 0.15) is 0 Å². The van der Waals surface area contributed by atoms with E-state index in [0.29, 0.717) is 11.3 Å². The number of nitrogens with one attached hydrogen (secondary N) is 1. The lowest BCUT2D eigenvalue weighted by atomic mass is 9.48. The van der Waals surface area contributed by atoms with Gasteiger partial charge in [0.2, 0.25) is 11.8 Å². The summed E-state index contributed by atoms with van der Waals surface area (Å²) < 4.78 is 0. The van der Waals surface area contributed by atoms with Crippen LogP contribution < -0.4 is 10.2 Å². The lowest BCUT2D eigenvalue weighted by Crippen LogP contribution is -2.49. The molecule has 1 saturated heterocycles. The van der Waals surface area contributed by atoms with Crippen LogP contribution in [0.1, 0.15) is 76.3 Å². The summed E-state index contributed by atoms with van der Waals surface area (Å²) in [6.45, 7) is 6.10. The lowest BCUT2D eigenvalue weighted by molar-refractivity contribution is -0.128. The molecule has 5 heteroatoms. The van der Waals surface area contributed by atoms with Crippen molar-refractivity contribution in [3.05, 3.63) is 130 Å². The molecule has 5 nitrogen and oxygen atoms in total. The number of amides is 3. The van der Waals surface area contributed by atoms with Crippen molar-refractivity contribution in [2.45, 2.75) is 45.4 Å². The number of nitrogens with zero attached hydrogens (tertiary/aromatic N) is 1. The number of para-hydroxylation sites is 1. The molecule has 0 spiro atoms. The van der Waals surface area contributed by atoms with Gasteiger partial charge in [-0.25, -0.2) is 4.90 Å². The Morgan fingerprint density at radius 3 is 1.93 bits per heavy atom. The molecule has 0 unspecified atom stereocenters. The maximum absolute atomic E-state index is 14.4. The average molecular weight is 541 g/mol. The normalized spacial score (nSPS) is 23.7. The van der Waals surface area contributed by atoms with E-state index in [1.807, 2.05) is 49.4 Å². The average Bonchev–Trinajstić information content (AvgIpc) is 3.22. The zero-order valence-corrected chi connectivity index (χ0v) is 23.5. The molecular formula is C36H32N2O3. The van der Waals surface area contributed by atoms with Gasteiger partial charge < -0.3 is 5.32 Å². The molecule has 1 N–H and O–H groups in total. The number of aryl methyl sites for hydroxylation is 2. The van der Waals surface area contributed by atoms with Crippen molar-refractivity contribution in [3.63, 3.8) is 0 Å². The summed E-state index contributed by atoms with van der Waals surface area (Å²) in [7, 11) is 0. The van der Waals surface area contributed by atoms with Gasteiger partial charge in [-0.3, -0.25) is 14.4 Å². The summed E-state index contributed by atoms with van der Waals surface area (Å²) in [5, 5.41) is 3.12. The molecule has 4 aromatic carbocycles. The van der Waals surface area contributed by atoms with E-state index in [4.69, 9.17) is 0 Å². The first-order valence-corrected chi connectivity index (χ1v) is 14.5. The second-order valence-corrected chi connectivity index (χ2v) is 11.6. The van der Waals surface area contributed by atoms with Gasteiger partial charge in [0.25, 0.3) is 5.91 Å². The molecule has 2 atom stereocenters. The van der Waals surface area contributed by atoms with Crippen LogP contribution in [0.15, 0.2) is 91.0 Å². The number of rotatable bonds is 5. The highest BCUT2D eigenvalue weighted by Gasteiger charge is 2.68. The van der Waals surface area contributed by atoms with Crippen LogP contribution in [0, 0.1) is 11.3 Å². The van der Waals surface area contributed by atoms with Crippen LogP contribution in [-0.2, 0) is 22.4 Å². The highest BCUT2D eigenvalue weighted by Crippen LogP contribution is 2.67. The number of imide groups is 1. The first-order chi connectivity index (χ1) is 19.9. The third-order valence-corrected chi connectivity index (χ3v) is 9.62. The fourth-order valence-electron chi connectivity index (χ4n) is 7.74. The molecule has 8 rings (SSSR count). The van der Waals surface area contributed by atoms with Gasteiger partial charge in [-0.05, 0) is 71.3 Å². The molecule has 1 fully saturated rings. The van der Waals surface area contributed by atoms with Crippen LogP contribution in [-0.4, -0.2) is 17.7 Å². The molecule has 1 heterocycles. The second-order valence-electron chi connectivity index (χ2n) is 11.6. The van der Waals surface area contributed by atoms with Gasteiger partial charge in [0.15, 0.2) is 0 Å². The van der Waals surface area contributed by atoms with Gasteiger partial charge in [-0.1, -0.05) is 86.6 Å². The molecule has 0 aromatic heterocycles. The SMILES string of the molecule is CCc1cccc(CC)c1NC(=O)c1cccc(N2C(=O)[C@H]3C4c5ccccc5C(c5ccccc54)[C@]3(C)C2=O)c1. The Labute approximate surface area is 240 Å². The minimum absolute atomic E-state index is 0.191. The molecule has 2 bridgehead atoms. The highest BCUT2D eigenvalue weighted by molar-refractivity contribution is 6.25. The Balaban J connectivity index is 1.28. The quantitative estimate of drug-likeness (QED) is 0.282. The monoisotopic (exact) mass is 540 g/mol.